The Morgan fingerprint density at radius 2 is 2.04 bits per heavy atom. The molecule has 1 unspecified atom stereocenters. The molecule has 0 bridgehead atoms. The van der Waals surface area contributed by atoms with E-state index in [1.165, 1.54) is 0 Å². The molecule has 0 fully saturated rings. The predicted molar refractivity (Wildman–Crippen MR) is 107 cm³/mol. The molecule has 0 spiro atoms. The lowest BCUT2D eigenvalue weighted by atomic mass is 9.90. The molecule has 0 radical (unpaired) electrons. The van der Waals surface area contributed by atoms with Crippen LogP contribution >= 0.6 is 22.6 Å². The maximum absolute atomic E-state index is 11.6. The van der Waals surface area contributed by atoms with Crippen LogP contribution in [0.5, 0.6) is 0 Å². The zero-order valence-electron chi connectivity index (χ0n) is 14.4. The highest BCUT2D eigenvalue weighted by molar-refractivity contribution is 14.1. The van der Waals surface area contributed by atoms with Gasteiger partial charge in [-0.25, -0.2) is 8.42 Å². The molecule has 1 rings (SSSR count). The lowest BCUT2D eigenvalue weighted by molar-refractivity contribution is 0.432. The number of halogens is 1. The average molecular weight is 448 g/mol. The van der Waals surface area contributed by atoms with Gasteiger partial charge in [-0.1, -0.05) is 33.4 Å². The molecule has 128 valence electrons. The highest BCUT2D eigenvalue weighted by Gasteiger charge is 2.14. The van der Waals surface area contributed by atoms with Crippen molar-refractivity contribution in [2.24, 2.45) is 10.4 Å². The second-order valence-corrected chi connectivity index (χ2v) is 9.62. The van der Waals surface area contributed by atoms with Crippen LogP contribution in [-0.2, 0) is 10.0 Å². The summed E-state index contributed by atoms with van der Waals surface area (Å²) in [5, 5.41) is 0.903. The van der Waals surface area contributed by atoms with Crippen LogP contribution in [0.1, 0.15) is 52.6 Å². The third-order valence-electron chi connectivity index (χ3n) is 3.15. The van der Waals surface area contributed by atoms with Crippen LogP contribution in [-0.4, -0.2) is 14.1 Å². The number of benzene rings is 1. The minimum Gasteiger partial charge on any atom is -0.287 e. The fourth-order valence-electron chi connectivity index (χ4n) is 2.29. The van der Waals surface area contributed by atoms with Gasteiger partial charge in [-0.3, -0.25) is 9.71 Å². The SMILES string of the molecule is C=CS(=O)(=O)Nc1ccc(C(C)N=C(C)CC(C)(C)C)cc1I. The van der Waals surface area contributed by atoms with E-state index >= 15 is 0 Å². The molecule has 0 saturated carbocycles. The van der Waals surface area contributed by atoms with Crippen molar-refractivity contribution >= 4 is 44.0 Å². The van der Waals surface area contributed by atoms with Gasteiger partial charge in [0.1, 0.15) is 0 Å². The Morgan fingerprint density at radius 1 is 1.43 bits per heavy atom. The predicted octanol–water partition coefficient (Wildman–Crippen LogP) is 5.13. The van der Waals surface area contributed by atoms with Crippen molar-refractivity contribution in [1.29, 1.82) is 0 Å². The third kappa shape index (κ3) is 7.03. The molecule has 23 heavy (non-hydrogen) atoms. The van der Waals surface area contributed by atoms with Gasteiger partial charge < -0.3 is 0 Å². The lowest BCUT2D eigenvalue weighted by Crippen LogP contribution is -2.11. The zero-order chi connectivity index (χ0) is 17.8. The Hall–Kier alpha value is -0.890. The Kier molecular flexibility index (Phi) is 6.82. The normalized spacial score (nSPS) is 14.4. The second-order valence-electron chi connectivity index (χ2n) is 6.83. The molecular formula is C17H25IN2O2S. The molecule has 0 heterocycles. The van der Waals surface area contributed by atoms with Crippen molar-refractivity contribution in [2.75, 3.05) is 4.72 Å². The number of hydrogen-bond donors (Lipinski definition) is 1. The van der Waals surface area contributed by atoms with E-state index in [-0.39, 0.29) is 11.5 Å². The topological polar surface area (TPSA) is 58.5 Å². The van der Waals surface area contributed by atoms with Gasteiger partial charge in [-0.05, 0) is 66.0 Å². The van der Waals surface area contributed by atoms with E-state index in [4.69, 9.17) is 4.99 Å². The number of rotatable bonds is 6. The van der Waals surface area contributed by atoms with Crippen molar-refractivity contribution in [2.45, 2.75) is 47.1 Å². The summed E-state index contributed by atoms with van der Waals surface area (Å²) in [5.41, 5.74) is 2.95. The zero-order valence-corrected chi connectivity index (χ0v) is 17.3. The number of nitrogens with zero attached hydrogens (tertiary/aromatic N) is 1. The van der Waals surface area contributed by atoms with Crippen LogP contribution in [0.15, 0.2) is 35.2 Å². The minimum absolute atomic E-state index is 0.0379. The smallest absolute Gasteiger partial charge is 0.254 e. The van der Waals surface area contributed by atoms with Gasteiger partial charge >= 0.3 is 0 Å². The van der Waals surface area contributed by atoms with Crippen LogP contribution < -0.4 is 4.72 Å². The average Bonchev–Trinajstić information content (AvgIpc) is 2.38. The van der Waals surface area contributed by atoms with Gasteiger partial charge in [0, 0.05) is 14.7 Å². The van der Waals surface area contributed by atoms with E-state index in [2.05, 4.69) is 61.6 Å². The first-order valence-corrected chi connectivity index (χ1v) is 10.0. The van der Waals surface area contributed by atoms with Crippen LogP contribution in [0.2, 0.25) is 0 Å². The van der Waals surface area contributed by atoms with Crippen molar-refractivity contribution in [3.8, 4) is 0 Å². The number of nitrogens with one attached hydrogen (secondary N) is 1. The Balaban J connectivity index is 2.97. The molecule has 0 aliphatic carbocycles. The second kappa shape index (κ2) is 7.79. The van der Waals surface area contributed by atoms with E-state index in [1.807, 2.05) is 19.1 Å². The van der Waals surface area contributed by atoms with E-state index < -0.39 is 10.0 Å². The van der Waals surface area contributed by atoms with Crippen molar-refractivity contribution in [3.63, 3.8) is 0 Å². The summed E-state index contributed by atoms with van der Waals surface area (Å²) in [5.74, 6) is 0. The summed E-state index contributed by atoms with van der Waals surface area (Å²) in [4.78, 5) is 4.75. The van der Waals surface area contributed by atoms with Crippen LogP contribution in [0, 0.1) is 8.99 Å². The van der Waals surface area contributed by atoms with Crippen LogP contribution in [0.4, 0.5) is 5.69 Å². The molecule has 1 aromatic carbocycles. The van der Waals surface area contributed by atoms with Gasteiger partial charge in [0.2, 0.25) is 0 Å². The monoisotopic (exact) mass is 448 g/mol. The van der Waals surface area contributed by atoms with Crippen LogP contribution in [0.3, 0.4) is 0 Å². The summed E-state index contributed by atoms with van der Waals surface area (Å²) in [6.45, 7) is 14.0. The fourth-order valence-corrected chi connectivity index (χ4v) is 3.71. The molecule has 1 atom stereocenters. The summed E-state index contributed by atoms with van der Waals surface area (Å²) in [6.07, 6.45) is 0.950. The first-order valence-electron chi connectivity index (χ1n) is 7.41. The number of sulfonamides is 1. The summed E-state index contributed by atoms with van der Waals surface area (Å²) in [6, 6.07) is 5.67. The fraction of sp³-hybridized carbons (Fsp3) is 0.471. The third-order valence-corrected chi connectivity index (χ3v) is 4.98. The first-order chi connectivity index (χ1) is 10.4. The Labute approximate surface area is 153 Å². The molecule has 1 aromatic rings. The maximum atomic E-state index is 11.6. The number of hydrogen-bond acceptors (Lipinski definition) is 3. The molecule has 0 aliphatic rings. The first kappa shape index (κ1) is 20.2. The standard InChI is InChI=1S/C17H25IN2O2S/c1-7-23(21,22)20-16-9-8-14(10-15(16)18)13(3)19-12(2)11-17(4,5)6/h7-10,13,20H,1,11H2,2-6H3. The summed E-state index contributed by atoms with van der Waals surface area (Å²) in [7, 11) is -3.49. The van der Waals surface area contributed by atoms with Gasteiger partial charge in [0.25, 0.3) is 10.0 Å². The van der Waals surface area contributed by atoms with E-state index in [9.17, 15) is 8.42 Å². The summed E-state index contributed by atoms with van der Waals surface area (Å²) < 4.78 is 26.4. The minimum atomic E-state index is -3.49. The maximum Gasteiger partial charge on any atom is 0.254 e. The molecule has 0 aromatic heterocycles. The van der Waals surface area contributed by atoms with Gasteiger partial charge in [-0.2, -0.15) is 0 Å². The highest BCUT2D eigenvalue weighted by atomic mass is 127. The molecule has 0 saturated heterocycles. The Morgan fingerprint density at radius 3 is 2.52 bits per heavy atom. The quantitative estimate of drug-likeness (QED) is 0.484. The van der Waals surface area contributed by atoms with E-state index in [0.717, 1.165) is 26.7 Å². The van der Waals surface area contributed by atoms with Gasteiger partial charge in [0.15, 0.2) is 0 Å². The summed E-state index contributed by atoms with van der Waals surface area (Å²) >= 11 is 2.12. The highest BCUT2D eigenvalue weighted by Crippen LogP contribution is 2.27. The molecule has 0 amide bonds. The molecule has 4 nitrogen and oxygen atoms in total. The van der Waals surface area contributed by atoms with Crippen molar-refractivity contribution < 1.29 is 8.42 Å². The molecule has 6 heteroatoms. The van der Waals surface area contributed by atoms with Gasteiger partial charge in [0.05, 0.1) is 11.7 Å². The van der Waals surface area contributed by atoms with Crippen LogP contribution in [0.25, 0.3) is 0 Å². The van der Waals surface area contributed by atoms with E-state index in [1.54, 1.807) is 6.07 Å². The number of aliphatic imine (C=N–C) groups is 1. The van der Waals surface area contributed by atoms with Gasteiger partial charge in [-0.15, -0.1) is 0 Å². The van der Waals surface area contributed by atoms with E-state index in [0.29, 0.717) is 5.69 Å². The molecule has 1 N–H and O–H groups in total. The lowest BCUT2D eigenvalue weighted by Gasteiger charge is -2.19. The largest absolute Gasteiger partial charge is 0.287 e. The molecule has 0 aliphatic heterocycles. The Bertz CT molecular complexity index is 704. The van der Waals surface area contributed by atoms with Crippen molar-refractivity contribution in [3.05, 3.63) is 39.3 Å². The molecular weight excluding hydrogens is 423 g/mol. The van der Waals surface area contributed by atoms with Crippen molar-refractivity contribution in [1.82, 2.24) is 0 Å². The number of anilines is 1.